The van der Waals surface area contributed by atoms with Crippen LogP contribution in [0, 0.1) is 0 Å². The maximum absolute atomic E-state index is 8.63. The van der Waals surface area contributed by atoms with Crippen molar-refractivity contribution in [2.75, 3.05) is 25.7 Å². The van der Waals surface area contributed by atoms with Gasteiger partial charge in [-0.3, -0.25) is 0 Å². The lowest BCUT2D eigenvalue weighted by Crippen LogP contribution is -2.32. The van der Waals surface area contributed by atoms with Crippen LogP contribution in [0.5, 0.6) is 0 Å². The van der Waals surface area contributed by atoms with E-state index in [0.29, 0.717) is 17.2 Å². The first-order chi connectivity index (χ1) is 8.51. The third-order valence-corrected chi connectivity index (χ3v) is 3.13. The summed E-state index contributed by atoms with van der Waals surface area (Å²) in [6.45, 7) is 2.67. The largest absolute Gasteiger partial charge is 0.409 e. The molecule has 0 aliphatic heterocycles. The molecular formula is C12H18ClN3O2. The number of hydrogen-bond acceptors (Lipinski definition) is 4. The third kappa shape index (κ3) is 3.27. The van der Waals surface area contributed by atoms with Crippen molar-refractivity contribution in [3.8, 4) is 0 Å². The molecule has 1 rings (SSSR count). The second-order valence-corrected chi connectivity index (χ2v) is 4.47. The first-order valence-electron chi connectivity index (χ1n) is 5.50. The lowest BCUT2D eigenvalue weighted by Gasteiger charge is -2.26. The Morgan fingerprint density at radius 2 is 2.28 bits per heavy atom. The molecule has 0 aromatic heterocycles. The first-order valence-corrected chi connectivity index (χ1v) is 5.88. The molecule has 0 saturated carbocycles. The van der Waals surface area contributed by atoms with E-state index >= 15 is 0 Å². The van der Waals surface area contributed by atoms with Gasteiger partial charge in [0.25, 0.3) is 0 Å². The van der Waals surface area contributed by atoms with Crippen LogP contribution in [0.3, 0.4) is 0 Å². The third-order valence-electron chi connectivity index (χ3n) is 2.81. The minimum Gasteiger partial charge on any atom is -0.409 e. The van der Waals surface area contributed by atoms with E-state index < -0.39 is 0 Å². The number of rotatable bonds is 5. The normalized spacial score (nSPS) is 13.4. The van der Waals surface area contributed by atoms with Gasteiger partial charge in [0.05, 0.1) is 11.6 Å². The molecule has 0 heterocycles. The van der Waals surface area contributed by atoms with Crippen LogP contribution < -0.4 is 10.6 Å². The zero-order valence-corrected chi connectivity index (χ0v) is 11.5. The molecule has 0 fully saturated rings. The van der Waals surface area contributed by atoms with Crippen LogP contribution in [-0.4, -0.2) is 37.8 Å². The summed E-state index contributed by atoms with van der Waals surface area (Å²) < 4.78 is 5.11. The number of hydrogen-bond donors (Lipinski definition) is 2. The van der Waals surface area contributed by atoms with E-state index in [4.69, 9.17) is 27.3 Å². The number of amidine groups is 1. The lowest BCUT2D eigenvalue weighted by atomic mass is 10.1. The second-order valence-electron chi connectivity index (χ2n) is 4.06. The van der Waals surface area contributed by atoms with Gasteiger partial charge in [-0.05, 0) is 25.1 Å². The fourth-order valence-corrected chi connectivity index (χ4v) is 1.86. The highest BCUT2D eigenvalue weighted by atomic mass is 35.5. The first kappa shape index (κ1) is 14.6. The molecule has 0 saturated heterocycles. The fourth-order valence-electron chi connectivity index (χ4n) is 1.59. The molecule has 0 aliphatic rings. The highest BCUT2D eigenvalue weighted by Gasteiger charge is 2.12. The zero-order chi connectivity index (χ0) is 13.7. The molecule has 0 radical (unpaired) electrons. The van der Waals surface area contributed by atoms with Gasteiger partial charge in [0.2, 0.25) is 0 Å². The Labute approximate surface area is 112 Å². The summed E-state index contributed by atoms with van der Waals surface area (Å²) in [5, 5.41) is 12.0. The Bertz CT molecular complexity index is 437. The molecule has 3 N–H and O–H groups in total. The van der Waals surface area contributed by atoms with Crippen molar-refractivity contribution < 1.29 is 9.94 Å². The van der Waals surface area contributed by atoms with Gasteiger partial charge in [0.15, 0.2) is 5.84 Å². The molecule has 1 aromatic carbocycles. The number of nitrogens with two attached hydrogens (primary N) is 1. The van der Waals surface area contributed by atoms with Gasteiger partial charge in [-0.2, -0.15) is 0 Å². The molecule has 0 amide bonds. The summed E-state index contributed by atoms with van der Waals surface area (Å²) in [4.78, 5) is 2.05. The highest BCUT2D eigenvalue weighted by Crippen LogP contribution is 2.24. The predicted octanol–water partition coefficient (Wildman–Crippen LogP) is 1.91. The van der Waals surface area contributed by atoms with Gasteiger partial charge in [0, 0.05) is 31.5 Å². The van der Waals surface area contributed by atoms with E-state index in [-0.39, 0.29) is 11.9 Å². The van der Waals surface area contributed by atoms with Crippen molar-refractivity contribution >= 4 is 23.1 Å². The highest BCUT2D eigenvalue weighted by molar-refractivity contribution is 6.34. The SMILES string of the molecule is COCC(C)N(C)c1ccc(C(N)=NO)c(Cl)c1. The maximum Gasteiger partial charge on any atom is 0.171 e. The Morgan fingerprint density at radius 3 is 2.78 bits per heavy atom. The van der Waals surface area contributed by atoms with E-state index in [2.05, 4.69) is 12.1 Å². The van der Waals surface area contributed by atoms with Crippen LogP contribution in [0.25, 0.3) is 0 Å². The number of halogens is 1. The van der Waals surface area contributed by atoms with Crippen LogP contribution in [-0.2, 0) is 4.74 Å². The number of likely N-dealkylation sites (N-methyl/N-ethyl adjacent to an activating group) is 1. The van der Waals surface area contributed by atoms with Gasteiger partial charge >= 0.3 is 0 Å². The minimum atomic E-state index is -0.000793. The van der Waals surface area contributed by atoms with Gasteiger partial charge in [-0.15, -0.1) is 0 Å². The predicted molar refractivity (Wildman–Crippen MR) is 73.7 cm³/mol. The molecule has 6 heteroatoms. The zero-order valence-electron chi connectivity index (χ0n) is 10.7. The van der Waals surface area contributed by atoms with Crippen molar-refractivity contribution in [1.82, 2.24) is 0 Å². The molecule has 100 valence electrons. The van der Waals surface area contributed by atoms with Crippen LogP contribution in [0.4, 0.5) is 5.69 Å². The maximum atomic E-state index is 8.63. The summed E-state index contributed by atoms with van der Waals surface area (Å²) in [6.07, 6.45) is 0. The molecule has 0 spiro atoms. The van der Waals surface area contributed by atoms with Crippen molar-refractivity contribution in [2.45, 2.75) is 13.0 Å². The van der Waals surface area contributed by atoms with E-state index in [1.54, 1.807) is 19.2 Å². The molecule has 0 aliphatic carbocycles. The molecule has 1 unspecified atom stereocenters. The average molecular weight is 272 g/mol. The van der Waals surface area contributed by atoms with Gasteiger partial charge in [-0.1, -0.05) is 16.8 Å². The van der Waals surface area contributed by atoms with E-state index in [9.17, 15) is 0 Å². The van der Waals surface area contributed by atoms with Crippen LogP contribution in [0.2, 0.25) is 5.02 Å². The van der Waals surface area contributed by atoms with Gasteiger partial charge in [0.1, 0.15) is 0 Å². The number of benzene rings is 1. The molecule has 0 bridgehead atoms. The summed E-state index contributed by atoms with van der Waals surface area (Å²) >= 11 is 6.10. The monoisotopic (exact) mass is 271 g/mol. The van der Waals surface area contributed by atoms with E-state index in [0.717, 1.165) is 5.69 Å². The number of anilines is 1. The molecule has 18 heavy (non-hydrogen) atoms. The Kier molecular flexibility index (Phi) is 5.25. The molecule has 5 nitrogen and oxygen atoms in total. The van der Waals surface area contributed by atoms with Crippen molar-refractivity contribution in [2.24, 2.45) is 10.9 Å². The van der Waals surface area contributed by atoms with Crippen LogP contribution in [0.15, 0.2) is 23.4 Å². The van der Waals surface area contributed by atoms with E-state index in [1.807, 2.05) is 18.0 Å². The number of nitrogens with zero attached hydrogens (tertiary/aromatic N) is 2. The van der Waals surface area contributed by atoms with Crippen molar-refractivity contribution in [1.29, 1.82) is 0 Å². The summed E-state index contributed by atoms with van der Waals surface area (Å²) in [6, 6.07) is 5.59. The van der Waals surface area contributed by atoms with Crippen LogP contribution >= 0.6 is 11.6 Å². The topological polar surface area (TPSA) is 71.1 Å². The van der Waals surface area contributed by atoms with Crippen LogP contribution in [0.1, 0.15) is 12.5 Å². The average Bonchev–Trinajstić information content (AvgIpc) is 2.37. The second kappa shape index (κ2) is 6.47. The lowest BCUT2D eigenvalue weighted by molar-refractivity contribution is 0.183. The summed E-state index contributed by atoms with van der Waals surface area (Å²) in [5.41, 5.74) is 6.96. The smallest absolute Gasteiger partial charge is 0.171 e. The standard InChI is InChI=1S/C12H18ClN3O2/c1-8(7-18-3)16(2)9-4-5-10(11(13)6-9)12(14)15-17/h4-6,8,17H,7H2,1-3H3,(H2,14,15). The Hall–Kier alpha value is -1.46. The number of ether oxygens (including phenoxy) is 1. The summed E-state index contributed by atoms with van der Waals surface area (Å²) in [7, 11) is 3.62. The summed E-state index contributed by atoms with van der Waals surface area (Å²) in [5.74, 6) is -0.000793. The van der Waals surface area contributed by atoms with Crippen molar-refractivity contribution in [3.05, 3.63) is 28.8 Å². The Morgan fingerprint density at radius 1 is 1.61 bits per heavy atom. The minimum absolute atomic E-state index is 0.000793. The molecular weight excluding hydrogens is 254 g/mol. The fraction of sp³-hybridized carbons (Fsp3) is 0.417. The quantitative estimate of drug-likeness (QED) is 0.371. The van der Waals surface area contributed by atoms with Gasteiger partial charge < -0.3 is 20.6 Å². The van der Waals surface area contributed by atoms with Gasteiger partial charge in [-0.25, -0.2) is 0 Å². The molecule has 1 atom stereocenters. The molecule has 1 aromatic rings. The number of oxime groups is 1. The van der Waals surface area contributed by atoms with Crippen molar-refractivity contribution in [3.63, 3.8) is 0 Å². The number of methoxy groups -OCH3 is 1. The van der Waals surface area contributed by atoms with E-state index in [1.165, 1.54) is 0 Å². The Balaban J connectivity index is 2.97.